The molecule has 1 aromatic rings. The van der Waals surface area contributed by atoms with Crippen LogP contribution in [0.25, 0.3) is 0 Å². The van der Waals surface area contributed by atoms with Gasteiger partial charge in [-0.15, -0.1) is 0 Å². The maximum absolute atomic E-state index is 11.9. The first-order valence-corrected chi connectivity index (χ1v) is 7.09. The van der Waals surface area contributed by atoms with Crippen LogP contribution in [0.15, 0.2) is 30.3 Å². The predicted molar refractivity (Wildman–Crippen MR) is 80.8 cm³/mol. The van der Waals surface area contributed by atoms with E-state index in [0.717, 1.165) is 5.56 Å². The zero-order chi connectivity index (χ0) is 15.7. The van der Waals surface area contributed by atoms with Crippen molar-refractivity contribution in [2.45, 2.75) is 19.6 Å². The maximum atomic E-state index is 11.9. The molecule has 2 atom stereocenters. The van der Waals surface area contributed by atoms with Gasteiger partial charge in [-0.1, -0.05) is 37.3 Å². The molecule has 0 bridgehead atoms. The van der Waals surface area contributed by atoms with Crippen LogP contribution in [0, 0.1) is 5.92 Å². The Bertz CT molecular complexity index is 410. The van der Waals surface area contributed by atoms with Crippen LogP contribution < -0.4 is 0 Å². The molecule has 0 aliphatic carbocycles. The second-order valence-electron chi connectivity index (χ2n) is 5.32. The van der Waals surface area contributed by atoms with Crippen LogP contribution in [0.1, 0.15) is 12.5 Å². The monoisotopic (exact) mass is 295 g/mol. The van der Waals surface area contributed by atoms with Gasteiger partial charge in [-0.3, -0.25) is 4.79 Å². The summed E-state index contributed by atoms with van der Waals surface area (Å²) in [5.41, 5.74) is 0.974. The van der Waals surface area contributed by atoms with Crippen molar-refractivity contribution in [1.82, 2.24) is 4.90 Å². The molecular formula is C16H25NO4. The smallest absolute Gasteiger partial charge is 0.310 e. The molecule has 21 heavy (non-hydrogen) atoms. The van der Waals surface area contributed by atoms with Crippen molar-refractivity contribution in [3.8, 4) is 0 Å². The summed E-state index contributed by atoms with van der Waals surface area (Å²) in [6.45, 7) is 3.41. The van der Waals surface area contributed by atoms with Gasteiger partial charge in [0, 0.05) is 20.2 Å². The number of hydrogen-bond donors (Lipinski definition) is 1. The number of nitrogens with zero attached hydrogens (tertiary/aromatic N) is 1. The molecule has 0 aromatic heterocycles. The summed E-state index contributed by atoms with van der Waals surface area (Å²) in [6, 6.07) is 9.60. The number of benzene rings is 1. The van der Waals surface area contributed by atoms with Crippen LogP contribution in [0.4, 0.5) is 0 Å². The molecule has 1 rings (SSSR count). The number of carbonyl (C=O) groups excluding carboxylic acids is 1. The van der Waals surface area contributed by atoms with Crippen LogP contribution in [-0.4, -0.2) is 55.9 Å². The Hall–Kier alpha value is -1.43. The molecule has 1 N–H and O–H groups in total. The summed E-state index contributed by atoms with van der Waals surface area (Å²) in [5.74, 6) is -0.472. The molecule has 0 amide bonds. The number of hydrogen-bond acceptors (Lipinski definition) is 5. The van der Waals surface area contributed by atoms with Crippen molar-refractivity contribution in [1.29, 1.82) is 0 Å². The van der Waals surface area contributed by atoms with E-state index in [1.165, 1.54) is 0 Å². The van der Waals surface area contributed by atoms with Crippen LogP contribution in [0.2, 0.25) is 0 Å². The fourth-order valence-electron chi connectivity index (χ4n) is 2.09. The van der Waals surface area contributed by atoms with E-state index in [2.05, 4.69) is 0 Å². The average Bonchev–Trinajstić information content (AvgIpc) is 2.45. The van der Waals surface area contributed by atoms with E-state index in [-0.39, 0.29) is 18.5 Å². The van der Waals surface area contributed by atoms with Gasteiger partial charge in [-0.05, 0) is 12.6 Å². The van der Waals surface area contributed by atoms with Crippen LogP contribution >= 0.6 is 0 Å². The summed E-state index contributed by atoms with van der Waals surface area (Å²) < 4.78 is 10.2. The zero-order valence-corrected chi connectivity index (χ0v) is 13.0. The van der Waals surface area contributed by atoms with E-state index in [0.29, 0.717) is 19.7 Å². The lowest BCUT2D eigenvalue weighted by Gasteiger charge is -2.22. The molecule has 0 aliphatic heterocycles. The van der Waals surface area contributed by atoms with E-state index >= 15 is 0 Å². The van der Waals surface area contributed by atoms with Gasteiger partial charge >= 0.3 is 5.97 Å². The minimum atomic E-state index is -0.549. The number of rotatable bonds is 9. The van der Waals surface area contributed by atoms with Crippen molar-refractivity contribution >= 4 is 5.97 Å². The van der Waals surface area contributed by atoms with Gasteiger partial charge in [-0.25, -0.2) is 0 Å². The van der Waals surface area contributed by atoms with Crippen molar-refractivity contribution in [3.05, 3.63) is 35.9 Å². The van der Waals surface area contributed by atoms with E-state index in [1.54, 1.807) is 7.11 Å². The average molecular weight is 295 g/mol. The summed E-state index contributed by atoms with van der Waals surface area (Å²) in [7, 11) is 3.41. The third kappa shape index (κ3) is 7.22. The Balaban J connectivity index is 2.30. The Kier molecular flexibility index (Phi) is 7.97. The number of aliphatic hydroxyl groups is 1. The maximum Gasteiger partial charge on any atom is 0.310 e. The van der Waals surface area contributed by atoms with Gasteiger partial charge < -0.3 is 19.5 Å². The van der Waals surface area contributed by atoms with E-state index in [9.17, 15) is 9.90 Å². The van der Waals surface area contributed by atoms with Crippen molar-refractivity contribution in [3.63, 3.8) is 0 Å². The molecule has 5 nitrogen and oxygen atoms in total. The van der Waals surface area contributed by atoms with Gasteiger partial charge in [0.2, 0.25) is 0 Å². The molecule has 0 heterocycles. The first-order valence-electron chi connectivity index (χ1n) is 7.09. The van der Waals surface area contributed by atoms with Crippen molar-refractivity contribution < 1.29 is 19.4 Å². The second kappa shape index (κ2) is 9.50. The van der Waals surface area contributed by atoms with Gasteiger partial charge in [0.25, 0.3) is 0 Å². The Morgan fingerprint density at radius 2 is 1.95 bits per heavy atom. The Morgan fingerprint density at radius 1 is 1.29 bits per heavy atom. The lowest BCUT2D eigenvalue weighted by Crippen LogP contribution is -2.36. The lowest BCUT2D eigenvalue weighted by atomic mass is 10.1. The Morgan fingerprint density at radius 3 is 2.57 bits per heavy atom. The molecule has 1 aromatic carbocycles. The molecule has 0 saturated heterocycles. The molecule has 0 spiro atoms. The SMILES string of the molecule is COCC(O)CN(C)CC(C)C(=O)OCc1ccccc1. The highest BCUT2D eigenvalue weighted by Crippen LogP contribution is 2.06. The first-order chi connectivity index (χ1) is 10.0. The highest BCUT2D eigenvalue weighted by Gasteiger charge is 2.18. The highest BCUT2D eigenvalue weighted by molar-refractivity contribution is 5.72. The predicted octanol–water partition coefficient (Wildman–Crippen LogP) is 1.30. The van der Waals surface area contributed by atoms with E-state index in [1.807, 2.05) is 49.2 Å². The van der Waals surface area contributed by atoms with Crippen molar-refractivity contribution in [2.24, 2.45) is 5.92 Å². The summed E-state index contributed by atoms with van der Waals surface area (Å²) >= 11 is 0. The highest BCUT2D eigenvalue weighted by atomic mass is 16.5. The molecular weight excluding hydrogens is 270 g/mol. The van der Waals surface area contributed by atoms with Gasteiger partial charge in [0.15, 0.2) is 0 Å². The number of carbonyl (C=O) groups is 1. The molecule has 5 heteroatoms. The van der Waals surface area contributed by atoms with Crippen molar-refractivity contribution in [2.75, 3.05) is 33.9 Å². The zero-order valence-electron chi connectivity index (χ0n) is 13.0. The minimum Gasteiger partial charge on any atom is -0.461 e. The van der Waals surface area contributed by atoms with E-state index in [4.69, 9.17) is 9.47 Å². The van der Waals surface area contributed by atoms with E-state index < -0.39 is 6.10 Å². The Labute approximate surface area is 126 Å². The first kappa shape index (κ1) is 17.6. The van der Waals surface area contributed by atoms with Crippen LogP contribution in [0.5, 0.6) is 0 Å². The molecule has 0 saturated carbocycles. The molecule has 2 unspecified atom stereocenters. The standard InChI is InChI=1S/C16H25NO4/c1-13(9-17(2)10-15(18)12-20-3)16(19)21-11-14-7-5-4-6-8-14/h4-8,13,15,18H,9-12H2,1-3H3. The molecule has 0 aliphatic rings. The molecule has 118 valence electrons. The summed E-state index contributed by atoms with van der Waals surface area (Å²) in [5, 5.41) is 9.64. The lowest BCUT2D eigenvalue weighted by molar-refractivity contribution is -0.150. The number of likely N-dealkylation sites (N-methyl/N-ethyl adjacent to an activating group) is 1. The largest absolute Gasteiger partial charge is 0.461 e. The van der Waals surface area contributed by atoms with Gasteiger partial charge in [0.1, 0.15) is 6.61 Å². The van der Waals surface area contributed by atoms with Gasteiger partial charge in [0.05, 0.1) is 18.6 Å². The topological polar surface area (TPSA) is 59.0 Å². The number of ether oxygens (including phenoxy) is 2. The van der Waals surface area contributed by atoms with Gasteiger partial charge in [-0.2, -0.15) is 0 Å². The number of methoxy groups -OCH3 is 1. The summed E-state index contributed by atoms with van der Waals surface area (Å²) in [6.07, 6.45) is -0.549. The van der Waals surface area contributed by atoms with Crippen LogP contribution in [-0.2, 0) is 20.9 Å². The second-order valence-corrected chi connectivity index (χ2v) is 5.32. The molecule has 0 fully saturated rings. The fraction of sp³-hybridized carbons (Fsp3) is 0.562. The number of aliphatic hydroxyl groups excluding tert-OH is 1. The normalized spacial score (nSPS) is 14.0. The van der Waals surface area contributed by atoms with Crippen LogP contribution in [0.3, 0.4) is 0 Å². The molecule has 0 radical (unpaired) electrons. The third-order valence-electron chi connectivity index (χ3n) is 3.09. The quantitative estimate of drug-likeness (QED) is 0.696. The summed E-state index contributed by atoms with van der Waals surface area (Å²) in [4.78, 5) is 13.8. The minimum absolute atomic E-state index is 0.230. The number of esters is 1. The third-order valence-corrected chi connectivity index (χ3v) is 3.09. The fourth-order valence-corrected chi connectivity index (χ4v) is 2.09.